The number of nitrogens with zero attached hydrogens (tertiary/aromatic N) is 1. The van der Waals surface area contributed by atoms with Gasteiger partial charge in [0.1, 0.15) is 25.9 Å². The summed E-state index contributed by atoms with van der Waals surface area (Å²) in [5, 5.41) is 3.93. The fourth-order valence-corrected chi connectivity index (χ4v) is 3.77. The van der Waals surface area contributed by atoms with Gasteiger partial charge in [-0.15, -0.1) is 0 Å². The molecule has 1 heterocycles. The van der Waals surface area contributed by atoms with Gasteiger partial charge in [0.25, 0.3) is 0 Å². The largest absolute Gasteiger partial charge is 0.399 e. The maximum atomic E-state index is 13.0. The number of carbonyl (C=O) groups excluding carboxylic acids is 1. The Labute approximate surface area is 205 Å². The van der Waals surface area contributed by atoms with Crippen molar-refractivity contribution in [2.75, 3.05) is 13.7 Å². The zero-order valence-corrected chi connectivity index (χ0v) is 19.6. The van der Waals surface area contributed by atoms with Gasteiger partial charge in [-0.05, 0) is 11.1 Å². The van der Waals surface area contributed by atoms with E-state index in [0.29, 0.717) is 6.61 Å². The van der Waals surface area contributed by atoms with E-state index in [0.717, 1.165) is 16.7 Å². The number of ether oxygens (including phenoxy) is 4. The van der Waals surface area contributed by atoms with Crippen molar-refractivity contribution in [1.82, 2.24) is 0 Å². The van der Waals surface area contributed by atoms with Crippen molar-refractivity contribution in [3.8, 4) is 0 Å². The molecule has 182 valence electrons. The highest BCUT2D eigenvalue weighted by atomic mass is 16.7. The molecule has 1 saturated heterocycles. The summed E-state index contributed by atoms with van der Waals surface area (Å²) in [5.41, 5.74) is 2.76. The number of Topliss-reactive ketones (excluding diaryl/α,β-unsaturated/α-hetero) is 1. The number of oxime groups is 1. The monoisotopic (exact) mass is 475 g/mol. The van der Waals surface area contributed by atoms with Gasteiger partial charge in [-0.25, -0.2) is 0 Å². The summed E-state index contributed by atoms with van der Waals surface area (Å²) in [4.78, 5) is 17.9. The Hall–Kier alpha value is -3.36. The second-order valence-corrected chi connectivity index (χ2v) is 8.04. The van der Waals surface area contributed by atoms with E-state index in [-0.39, 0.29) is 19.0 Å². The van der Waals surface area contributed by atoms with Crippen LogP contribution in [-0.2, 0) is 41.8 Å². The van der Waals surface area contributed by atoms with Crippen LogP contribution in [0.5, 0.6) is 0 Å². The van der Waals surface area contributed by atoms with Crippen molar-refractivity contribution < 1.29 is 28.6 Å². The molecule has 7 heteroatoms. The van der Waals surface area contributed by atoms with Gasteiger partial charge >= 0.3 is 0 Å². The third-order valence-corrected chi connectivity index (χ3v) is 5.54. The van der Waals surface area contributed by atoms with Crippen molar-refractivity contribution >= 4 is 12.0 Å². The quantitative estimate of drug-likeness (QED) is 0.301. The SMILES string of the molecule is CO/N=C\[C@H](OCc1ccccc1)[C@@H](OCc1ccccc1)[C@@H]1O[C@H](c2ccccc2)OCC1=O. The van der Waals surface area contributed by atoms with Crippen LogP contribution >= 0.6 is 0 Å². The van der Waals surface area contributed by atoms with E-state index in [1.54, 1.807) is 0 Å². The van der Waals surface area contributed by atoms with Gasteiger partial charge in [0.05, 0.1) is 19.4 Å². The molecule has 0 aliphatic carbocycles. The summed E-state index contributed by atoms with van der Waals surface area (Å²) < 4.78 is 24.3. The van der Waals surface area contributed by atoms with Crippen molar-refractivity contribution in [3.63, 3.8) is 0 Å². The minimum atomic E-state index is -0.929. The molecular formula is C28H29NO6. The van der Waals surface area contributed by atoms with Crippen molar-refractivity contribution in [3.05, 3.63) is 108 Å². The Kier molecular flexibility index (Phi) is 9.14. The first-order chi connectivity index (χ1) is 17.2. The predicted molar refractivity (Wildman–Crippen MR) is 131 cm³/mol. The van der Waals surface area contributed by atoms with Gasteiger partial charge in [-0.2, -0.15) is 0 Å². The average molecular weight is 476 g/mol. The van der Waals surface area contributed by atoms with Gasteiger partial charge < -0.3 is 23.8 Å². The standard InChI is InChI=1S/C28H29NO6/c1-31-29-17-25(32-18-21-11-5-2-6-12-21)27(33-19-22-13-7-3-8-14-22)26-24(30)20-34-28(35-26)23-15-9-4-10-16-23/h2-17,25-28H,18-20H2,1H3/b29-17-/t25-,26+,27+,28+/m0/s1. The number of hydrogen-bond donors (Lipinski definition) is 0. The molecule has 0 aromatic heterocycles. The zero-order chi connectivity index (χ0) is 24.3. The fourth-order valence-electron chi connectivity index (χ4n) is 3.77. The smallest absolute Gasteiger partial charge is 0.190 e. The second-order valence-electron chi connectivity index (χ2n) is 8.04. The first-order valence-electron chi connectivity index (χ1n) is 11.5. The highest BCUT2D eigenvalue weighted by molar-refractivity contribution is 5.86. The molecule has 3 aromatic carbocycles. The summed E-state index contributed by atoms with van der Waals surface area (Å²) in [6, 6.07) is 29.0. The van der Waals surface area contributed by atoms with Gasteiger partial charge in [0.2, 0.25) is 0 Å². The molecule has 0 N–H and O–H groups in total. The lowest BCUT2D eigenvalue weighted by Gasteiger charge is -2.36. The molecule has 0 spiro atoms. The molecule has 0 saturated carbocycles. The Morgan fingerprint density at radius 3 is 2.06 bits per heavy atom. The first-order valence-corrected chi connectivity index (χ1v) is 11.5. The second kappa shape index (κ2) is 12.9. The molecule has 4 atom stereocenters. The number of ketones is 1. The summed E-state index contributed by atoms with van der Waals surface area (Å²) in [5.74, 6) is -0.227. The van der Waals surface area contributed by atoms with Crippen molar-refractivity contribution in [1.29, 1.82) is 0 Å². The van der Waals surface area contributed by atoms with E-state index < -0.39 is 24.6 Å². The number of benzene rings is 3. The van der Waals surface area contributed by atoms with Gasteiger partial charge in [-0.3, -0.25) is 4.79 Å². The highest BCUT2D eigenvalue weighted by Gasteiger charge is 2.41. The summed E-state index contributed by atoms with van der Waals surface area (Å²) in [7, 11) is 1.45. The third-order valence-electron chi connectivity index (χ3n) is 5.54. The van der Waals surface area contributed by atoms with Gasteiger partial charge in [-0.1, -0.05) is 96.2 Å². The van der Waals surface area contributed by atoms with Crippen LogP contribution < -0.4 is 0 Å². The van der Waals surface area contributed by atoms with Crippen LogP contribution in [0.4, 0.5) is 0 Å². The number of carbonyl (C=O) groups is 1. The molecule has 4 rings (SSSR count). The topological polar surface area (TPSA) is 75.6 Å². The van der Waals surface area contributed by atoms with Gasteiger partial charge in [0, 0.05) is 5.56 Å². The summed E-state index contributed by atoms with van der Waals surface area (Å²) >= 11 is 0. The molecule has 35 heavy (non-hydrogen) atoms. The van der Waals surface area contributed by atoms with E-state index in [4.69, 9.17) is 23.8 Å². The fraction of sp³-hybridized carbons (Fsp3) is 0.286. The lowest BCUT2D eigenvalue weighted by atomic mass is 10.0. The number of rotatable bonds is 11. The zero-order valence-electron chi connectivity index (χ0n) is 19.6. The van der Waals surface area contributed by atoms with Crippen LogP contribution in [0.15, 0.2) is 96.2 Å². The number of hydrogen-bond acceptors (Lipinski definition) is 7. The minimum absolute atomic E-state index is 0.0950. The lowest BCUT2D eigenvalue weighted by Crippen LogP contribution is -2.51. The van der Waals surface area contributed by atoms with E-state index in [1.807, 2.05) is 91.0 Å². The van der Waals surface area contributed by atoms with E-state index in [1.165, 1.54) is 13.3 Å². The molecular weight excluding hydrogens is 446 g/mol. The Morgan fingerprint density at radius 2 is 1.46 bits per heavy atom. The van der Waals surface area contributed by atoms with E-state index in [9.17, 15) is 4.79 Å². The molecule has 1 fully saturated rings. The first kappa shape index (κ1) is 24.8. The molecule has 0 radical (unpaired) electrons. The third kappa shape index (κ3) is 7.07. The predicted octanol–water partition coefficient (Wildman–Crippen LogP) is 4.47. The Balaban J connectivity index is 1.59. The van der Waals surface area contributed by atoms with Crippen molar-refractivity contribution in [2.45, 2.75) is 37.8 Å². The Morgan fingerprint density at radius 1 is 0.886 bits per heavy atom. The van der Waals surface area contributed by atoms with E-state index in [2.05, 4.69) is 5.16 Å². The molecule has 0 amide bonds. The van der Waals surface area contributed by atoms with Crippen LogP contribution in [0, 0.1) is 0 Å². The summed E-state index contributed by atoms with van der Waals surface area (Å²) in [6.07, 6.45) is -1.64. The highest BCUT2D eigenvalue weighted by Crippen LogP contribution is 2.29. The van der Waals surface area contributed by atoms with Crippen molar-refractivity contribution in [2.24, 2.45) is 5.16 Å². The van der Waals surface area contributed by atoms with Crippen LogP contribution in [0.2, 0.25) is 0 Å². The minimum Gasteiger partial charge on any atom is -0.399 e. The Bertz CT molecular complexity index is 1060. The molecule has 1 aliphatic rings. The normalized spacial score (nSPS) is 20.0. The van der Waals surface area contributed by atoms with Crippen LogP contribution in [-0.4, -0.2) is 44.0 Å². The molecule has 7 nitrogen and oxygen atoms in total. The molecule has 3 aromatic rings. The maximum Gasteiger partial charge on any atom is 0.190 e. The summed E-state index contributed by atoms with van der Waals surface area (Å²) in [6.45, 7) is 0.468. The maximum absolute atomic E-state index is 13.0. The van der Waals surface area contributed by atoms with Gasteiger partial charge in [0.15, 0.2) is 18.2 Å². The van der Waals surface area contributed by atoms with E-state index >= 15 is 0 Å². The molecule has 0 bridgehead atoms. The lowest BCUT2D eigenvalue weighted by molar-refractivity contribution is -0.240. The molecule has 0 unspecified atom stereocenters. The molecule has 1 aliphatic heterocycles. The van der Waals surface area contributed by atoms with Crippen LogP contribution in [0.3, 0.4) is 0 Å². The van der Waals surface area contributed by atoms with Crippen LogP contribution in [0.1, 0.15) is 23.0 Å². The van der Waals surface area contributed by atoms with Crippen LogP contribution in [0.25, 0.3) is 0 Å². The average Bonchev–Trinajstić information content (AvgIpc) is 2.92.